The Balaban J connectivity index is 0. The Morgan fingerprint density at radius 2 is 1.93 bits per heavy atom. The molecule has 0 aliphatic rings. The molecule has 86 valence electrons. The number of rotatable bonds is 5. The molecule has 0 amide bonds. The topological polar surface area (TPSA) is 46.5 Å². The van der Waals surface area contributed by atoms with Crippen LogP contribution in [0.5, 0.6) is 0 Å². The van der Waals surface area contributed by atoms with Gasteiger partial charge in [0.1, 0.15) is 0 Å². The van der Waals surface area contributed by atoms with Crippen molar-refractivity contribution in [1.82, 2.24) is 0 Å². The fraction of sp³-hybridized carbons (Fsp3) is 0.909. The van der Waals surface area contributed by atoms with Gasteiger partial charge in [0.2, 0.25) is 0 Å². The molecule has 0 rings (SSSR count). The van der Waals surface area contributed by atoms with Gasteiger partial charge in [0.25, 0.3) is 0 Å². The van der Waals surface area contributed by atoms with Gasteiger partial charge in [-0.15, -0.1) is 0 Å². The lowest BCUT2D eigenvalue weighted by Crippen LogP contribution is -2.05. The summed E-state index contributed by atoms with van der Waals surface area (Å²) < 4.78 is 4.48. The molecule has 0 aliphatic heterocycles. The van der Waals surface area contributed by atoms with Crippen molar-refractivity contribution in [2.24, 2.45) is 5.92 Å². The quantitative estimate of drug-likeness (QED) is 0.699. The van der Waals surface area contributed by atoms with Crippen LogP contribution < -0.4 is 0 Å². The van der Waals surface area contributed by atoms with Crippen LogP contribution in [0.15, 0.2) is 0 Å². The molecule has 0 aromatic carbocycles. The van der Waals surface area contributed by atoms with Crippen LogP contribution in [0.1, 0.15) is 47.0 Å². The van der Waals surface area contributed by atoms with Gasteiger partial charge in [0.15, 0.2) is 0 Å². The zero-order chi connectivity index (χ0) is 11.4. The van der Waals surface area contributed by atoms with Crippen LogP contribution in [-0.4, -0.2) is 24.3 Å². The van der Waals surface area contributed by atoms with Gasteiger partial charge in [-0.2, -0.15) is 0 Å². The molecule has 0 aliphatic carbocycles. The molecule has 0 saturated carbocycles. The normalized spacial score (nSPS) is 9.29. The zero-order valence-electron chi connectivity index (χ0n) is 9.88. The van der Waals surface area contributed by atoms with Gasteiger partial charge in [0, 0.05) is 0 Å². The second-order valence-corrected chi connectivity index (χ2v) is 3.46. The molecular weight excluding hydrogens is 180 g/mol. The number of hydrogen-bond donors (Lipinski definition) is 1. The standard InChI is InChI=1S/C6H14.C5H10O3/c1-4-5-6(2)3;1-2-8-5(7)3-4-6/h6H,4-5H2,1-3H3;6H,2-4H2,1H3. The Morgan fingerprint density at radius 1 is 1.36 bits per heavy atom. The van der Waals surface area contributed by atoms with Crippen molar-refractivity contribution in [3.63, 3.8) is 0 Å². The van der Waals surface area contributed by atoms with Gasteiger partial charge in [-0.05, 0) is 12.8 Å². The van der Waals surface area contributed by atoms with Gasteiger partial charge < -0.3 is 9.84 Å². The second kappa shape index (κ2) is 12.4. The number of ether oxygens (including phenoxy) is 1. The lowest BCUT2D eigenvalue weighted by molar-refractivity contribution is -0.143. The highest BCUT2D eigenvalue weighted by Gasteiger charge is 1.96. The van der Waals surface area contributed by atoms with Crippen molar-refractivity contribution < 1.29 is 14.6 Å². The monoisotopic (exact) mass is 204 g/mol. The molecule has 0 atom stereocenters. The first-order valence-electron chi connectivity index (χ1n) is 5.34. The molecule has 0 aromatic rings. The number of carbonyl (C=O) groups excluding carboxylic acids is 1. The first-order chi connectivity index (χ1) is 6.58. The summed E-state index contributed by atoms with van der Waals surface area (Å²) in [4.78, 5) is 10.3. The van der Waals surface area contributed by atoms with E-state index < -0.39 is 0 Å². The highest BCUT2D eigenvalue weighted by atomic mass is 16.5. The van der Waals surface area contributed by atoms with Gasteiger partial charge in [-0.1, -0.05) is 33.6 Å². The fourth-order valence-corrected chi connectivity index (χ4v) is 0.902. The molecular formula is C11H24O3. The minimum Gasteiger partial charge on any atom is -0.466 e. The fourth-order valence-electron chi connectivity index (χ4n) is 0.902. The summed E-state index contributed by atoms with van der Waals surface area (Å²) in [6, 6.07) is 0. The predicted molar refractivity (Wildman–Crippen MR) is 58.1 cm³/mol. The largest absolute Gasteiger partial charge is 0.466 e. The van der Waals surface area contributed by atoms with Crippen molar-refractivity contribution in [3.8, 4) is 0 Å². The molecule has 3 heteroatoms. The molecule has 0 saturated heterocycles. The van der Waals surface area contributed by atoms with Crippen molar-refractivity contribution in [3.05, 3.63) is 0 Å². The maximum absolute atomic E-state index is 10.3. The Labute approximate surface area is 87.5 Å². The second-order valence-electron chi connectivity index (χ2n) is 3.46. The highest BCUT2D eigenvalue weighted by molar-refractivity contribution is 5.69. The van der Waals surface area contributed by atoms with E-state index in [0.717, 1.165) is 5.92 Å². The summed E-state index contributed by atoms with van der Waals surface area (Å²) in [7, 11) is 0. The number of esters is 1. The van der Waals surface area contributed by atoms with Crippen LogP contribution in [0.3, 0.4) is 0 Å². The molecule has 1 N–H and O–H groups in total. The summed E-state index contributed by atoms with van der Waals surface area (Å²) in [6.07, 6.45) is 2.81. The predicted octanol–water partition coefficient (Wildman–Crippen LogP) is 2.37. The number of aliphatic hydroxyl groups is 1. The molecule has 14 heavy (non-hydrogen) atoms. The van der Waals surface area contributed by atoms with Crippen LogP contribution in [-0.2, 0) is 9.53 Å². The van der Waals surface area contributed by atoms with Crippen LogP contribution in [0.2, 0.25) is 0 Å². The Bertz CT molecular complexity index is 114. The third-order valence-corrected chi connectivity index (χ3v) is 1.49. The molecule has 0 heterocycles. The third kappa shape index (κ3) is 17.5. The molecule has 0 aromatic heterocycles. The van der Waals surface area contributed by atoms with E-state index in [1.807, 2.05) is 0 Å². The molecule has 0 spiro atoms. The van der Waals surface area contributed by atoms with E-state index in [1.165, 1.54) is 12.8 Å². The van der Waals surface area contributed by atoms with E-state index in [4.69, 9.17) is 5.11 Å². The third-order valence-electron chi connectivity index (χ3n) is 1.49. The van der Waals surface area contributed by atoms with E-state index in [-0.39, 0.29) is 19.0 Å². The summed E-state index contributed by atoms with van der Waals surface area (Å²) in [6.45, 7) is 8.72. The SMILES string of the molecule is CCCC(C)C.CCOC(=O)CCO. The minimum atomic E-state index is -0.338. The summed E-state index contributed by atoms with van der Waals surface area (Å²) in [5.41, 5.74) is 0. The van der Waals surface area contributed by atoms with E-state index in [9.17, 15) is 4.79 Å². The summed E-state index contributed by atoms with van der Waals surface area (Å²) >= 11 is 0. The van der Waals surface area contributed by atoms with Crippen molar-refractivity contribution >= 4 is 5.97 Å². The van der Waals surface area contributed by atoms with Gasteiger partial charge in [-0.25, -0.2) is 0 Å². The molecule has 0 unspecified atom stereocenters. The Kier molecular flexibility index (Phi) is 14.1. The zero-order valence-corrected chi connectivity index (χ0v) is 9.88. The Hall–Kier alpha value is -0.570. The van der Waals surface area contributed by atoms with Crippen LogP contribution in [0.25, 0.3) is 0 Å². The summed E-state index contributed by atoms with van der Waals surface area (Å²) in [5, 5.41) is 8.16. The first kappa shape index (κ1) is 15.9. The van der Waals surface area contributed by atoms with Crippen LogP contribution in [0, 0.1) is 5.92 Å². The number of carbonyl (C=O) groups is 1. The van der Waals surface area contributed by atoms with E-state index in [1.54, 1.807) is 6.92 Å². The molecule has 3 nitrogen and oxygen atoms in total. The van der Waals surface area contributed by atoms with Gasteiger partial charge >= 0.3 is 5.97 Å². The number of aliphatic hydroxyl groups excluding tert-OH is 1. The van der Waals surface area contributed by atoms with Gasteiger partial charge in [-0.3, -0.25) is 4.79 Å². The van der Waals surface area contributed by atoms with Crippen LogP contribution >= 0.6 is 0 Å². The van der Waals surface area contributed by atoms with Crippen molar-refractivity contribution in [2.45, 2.75) is 47.0 Å². The van der Waals surface area contributed by atoms with Crippen molar-refractivity contribution in [2.75, 3.05) is 13.2 Å². The summed E-state index contributed by atoms with van der Waals surface area (Å²) in [5.74, 6) is 0.560. The molecule has 0 radical (unpaired) electrons. The molecule has 0 fully saturated rings. The molecule has 0 bridgehead atoms. The average Bonchev–Trinajstić information content (AvgIpc) is 2.05. The average molecular weight is 204 g/mol. The van der Waals surface area contributed by atoms with E-state index >= 15 is 0 Å². The van der Waals surface area contributed by atoms with E-state index in [0.29, 0.717) is 6.61 Å². The van der Waals surface area contributed by atoms with Crippen molar-refractivity contribution in [1.29, 1.82) is 0 Å². The smallest absolute Gasteiger partial charge is 0.308 e. The highest BCUT2D eigenvalue weighted by Crippen LogP contribution is 2.00. The maximum Gasteiger partial charge on any atom is 0.308 e. The lowest BCUT2D eigenvalue weighted by Gasteiger charge is -1.96. The van der Waals surface area contributed by atoms with Gasteiger partial charge in [0.05, 0.1) is 19.6 Å². The maximum atomic E-state index is 10.3. The minimum absolute atomic E-state index is 0.105. The lowest BCUT2D eigenvalue weighted by atomic mass is 10.1. The van der Waals surface area contributed by atoms with E-state index in [2.05, 4.69) is 25.5 Å². The first-order valence-corrected chi connectivity index (χ1v) is 5.34. The number of hydrogen-bond acceptors (Lipinski definition) is 3. The Morgan fingerprint density at radius 3 is 2.14 bits per heavy atom. The van der Waals surface area contributed by atoms with Crippen LogP contribution in [0.4, 0.5) is 0 Å².